The van der Waals surface area contributed by atoms with Crippen molar-refractivity contribution in [2.75, 3.05) is 26.9 Å². The molecule has 0 spiro atoms. The smallest absolute Gasteiger partial charge is 0.290 e. The van der Waals surface area contributed by atoms with Crippen molar-refractivity contribution in [3.63, 3.8) is 0 Å². The van der Waals surface area contributed by atoms with Crippen molar-refractivity contribution in [1.29, 1.82) is 0 Å². The number of carbonyl (C=O) groups excluding carboxylic acids is 2. The zero-order valence-electron chi connectivity index (χ0n) is 16.6. The maximum atomic E-state index is 13.0. The fourth-order valence-corrected chi connectivity index (χ4v) is 3.38. The third kappa shape index (κ3) is 4.35. The summed E-state index contributed by atoms with van der Waals surface area (Å²) in [6, 6.07) is 9.61. The highest BCUT2D eigenvalue weighted by Gasteiger charge is 2.44. The number of ketones is 1. The number of hydrogen-bond acceptors (Lipinski definition) is 6. The Bertz CT molecular complexity index is 886. The molecule has 1 aromatic carbocycles. The zero-order chi connectivity index (χ0) is 20.8. The van der Waals surface area contributed by atoms with E-state index in [2.05, 4.69) is 0 Å². The number of rotatable bonds is 10. The van der Waals surface area contributed by atoms with Crippen molar-refractivity contribution in [1.82, 2.24) is 4.90 Å². The molecule has 7 nitrogen and oxygen atoms in total. The minimum Gasteiger partial charge on any atom is -0.503 e. The predicted octanol–water partition coefficient (Wildman–Crippen LogP) is 3.68. The Balaban J connectivity index is 2.00. The molecule has 0 saturated carbocycles. The van der Waals surface area contributed by atoms with Crippen molar-refractivity contribution in [2.24, 2.45) is 0 Å². The van der Waals surface area contributed by atoms with Gasteiger partial charge in [0.1, 0.15) is 5.75 Å². The summed E-state index contributed by atoms with van der Waals surface area (Å²) in [5.41, 5.74) is 0.693. The Morgan fingerprint density at radius 3 is 2.76 bits per heavy atom. The van der Waals surface area contributed by atoms with Crippen LogP contribution < -0.4 is 4.74 Å². The number of ether oxygens (including phenoxy) is 2. The summed E-state index contributed by atoms with van der Waals surface area (Å²) in [6.45, 7) is 3.36. The molecule has 2 aromatic rings. The maximum absolute atomic E-state index is 13.0. The van der Waals surface area contributed by atoms with Gasteiger partial charge in [0.15, 0.2) is 11.5 Å². The molecule has 3 rings (SSSR count). The van der Waals surface area contributed by atoms with Gasteiger partial charge in [-0.1, -0.05) is 19.1 Å². The Hall–Kier alpha value is -3.06. The van der Waals surface area contributed by atoms with Gasteiger partial charge < -0.3 is 23.9 Å². The molecule has 1 unspecified atom stereocenters. The van der Waals surface area contributed by atoms with Crippen LogP contribution >= 0.6 is 0 Å². The highest BCUT2D eigenvalue weighted by molar-refractivity contribution is 6.15. The van der Waals surface area contributed by atoms with E-state index < -0.39 is 23.5 Å². The molecule has 1 amide bonds. The SMILES string of the molecule is CCCOc1cccc(C2C(C(=O)c3ccco3)=C(O)C(=O)N2CCCOC)c1. The molecule has 1 N–H and O–H groups in total. The van der Waals surface area contributed by atoms with E-state index in [1.165, 1.54) is 17.2 Å². The molecule has 0 radical (unpaired) electrons. The summed E-state index contributed by atoms with van der Waals surface area (Å²) in [5, 5.41) is 10.6. The molecule has 1 aliphatic rings. The first-order valence-electron chi connectivity index (χ1n) is 9.62. The molecular formula is C22H25NO6. The van der Waals surface area contributed by atoms with Gasteiger partial charge in [0, 0.05) is 20.3 Å². The Morgan fingerprint density at radius 1 is 1.24 bits per heavy atom. The highest BCUT2D eigenvalue weighted by atomic mass is 16.5. The van der Waals surface area contributed by atoms with Gasteiger partial charge in [-0.05, 0) is 42.7 Å². The van der Waals surface area contributed by atoms with Crippen LogP contribution in [0.25, 0.3) is 0 Å². The lowest BCUT2D eigenvalue weighted by Gasteiger charge is -2.27. The molecule has 0 fully saturated rings. The van der Waals surface area contributed by atoms with Gasteiger partial charge in [-0.25, -0.2) is 0 Å². The van der Waals surface area contributed by atoms with Crippen molar-refractivity contribution >= 4 is 11.7 Å². The molecule has 1 aliphatic heterocycles. The van der Waals surface area contributed by atoms with Crippen LogP contribution in [0.4, 0.5) is 0 Å². The van der Waals surface area contributed by atoms with Gasteiger partial charge in [-0.2, -0.15) is 0 Å². The van der Waals surface area contributed by atoms with Crippen LogP contribution in [0.15, 0.2) is 58.4 Å². The highest BCUT2D eigenvalue weighted by Crippen LogP contribution is 2.40. The van der Waals surface area contributed by atoms with E-state index in [0.717, 1.165) is 6.42 Å². The predicted molar refractivity (Wildman–Crippen MR) is 106 cm³/mol. The van der Waals surface area contributed by atoms with Gasteiger partial charge in [0.25, 0.3) is 5.91 Å². The molecule has 0 saturated heterocycles. The van der Waals surface area contributed by atoms with Crippen LogP contribution in [0, 0.1) is 0 Å². The molecule has 0 bridgehead atoms. The van der Waals surface area contributed by atoms with Gasteiger partial charge in [-0.15, -0.1) is 0 Å². The number of amides is 1. The van der Waals surface area contributed by atoms with Gasteiger partial charge in [0.2, 0.25) is 5.78 Å². The average molecular weight is 399 g/mol. The standard InChI is InChI=1S/C22H25NO6/c1-3-11-28-16-8-4-7-15(14-16)19-18(20(24)17-9-5-13-29-17)21(25)22(26)23(19)10-6-12-27-2/h4-5,7-9,13-14,19,25H,3,6,10-12H2,1-2H3. The minimum atomic E-state index is -0.734. The number of benzene rings is 1. The van der Waals surface area contributed by atoms with E-state index >= 15 is 0 Å². The lowest BCUT2D eigenvalue weighted by Crippen LogP contribution is -2.32. The molecular weight excluding hydrogens is 374 g/mol. The Kier molecular flexibility index (Phi) is 6.72. The number of Topliss-reactive ketones (excluding diaryl/α,β-unsaturated/α-hetero) is 1. The van der Waals surface area contributed by atoms with E-state index in [-0.39, 0.29) is 11.3 Å². The van der Waals surface area contributed by atoms with E-state index in [0.29, 0.717) is 37.5 Å². The van der Waals surface area contributed by atoms with E-state index in [9.17, 15) is 14.7 Å². The summed E-state index contributed by atoms with van der Waals surface area (Å²) in [5.74, 6) is -0.930. The summed E-state index contributed by atoms with van der Waals surface area (Å²) < 4.78 is 16.0. The number of aliphatic hydroxyl groups is 1. The monoisotopic (exact) mass is 399 g/mol. The normalized spacial score (nSPS) is 16.6. The van der Waals surface area contributed by atoms with Crippen LogP contribution in [-0.2, 0) is 9.53 Å². The van der Waals surface area contributed by atoms with Crippen molar-refractivity contribution in [3.05, 3.63) is 65.3 Å². The number of methoxy groups -OCH3 is 1. The number of carbonyl (C=O) groups is 2. The fourth-order valence-electron chi connectivity index (χ4n) is 3.38. The van der Waals surface area contributed by atoms with Crippen LogP contribution in [0.2, 0.25) is 0 Å². The first-order valence-corrected chi connectivity index (χ1v) is 9.62. The quantitative estimate of drug-likeness (QED) is 0.484. The number of furan rings is 1. The first kappa shape index (κ1) is 20.7. The van der Waals surface area contributed by atoms with E-state index in [1.807, 2.05) is 25.1 Å². The second kappa shape index (κ2) is 9.43. The topological polar surface area (TPSA) is 89.2 Å². The molecule has 7 heteroatoms. The van der Waals surface area contributed by atoms with Crippen LogP contribution in [0.1, 0.15) is 41.9 Å². The maximum Gasteiger partial charge on any atom is 0.290 e. The van der Waals surface area contributed by atoms with Crippen molar-refractivity contribution in [2.45, 2.75) is 25.8 Å². The average Bonchev–Trinajstić information content (AvgIpc) is 3.35. The van der Waals surface area contributed by atoms with E-state index in [4.69, 9.17) is 13.9 Å². The zero-order valence-corrected chi connectivity index (χ0v) is 16.6. The van der Waals surface area contributed by atoms with Crippen molar-refractivity contribution < 1.29 is 28.6 Å². The van der Waals surface area contributed by atoms with E-state index in [1.54, 1.807) is 19.2 Å². The van der Waals surface area contributed by atoms with Gasteiger partial charge >= 0.3 is 0 Å². The summed E-state index contributed by atoms with van der Waals surface area (Å²) in [7, 11) is 1.58. The molecule has 154 valence electrons. The van der Waals surface area contributed by atoms with Crippen LogP contribution in [-0.4, -0.2) is 48.6 Å². The largest absolute Gasteiger partial charge is 0.503 e. The van der Waals surface area contributed by atoms with Gasteiger partial charge in [0.05, 0.1) is 24.5 Å². The molecule has 1 aromatic heterocycles. The van der Waals surface area contributed by atoms with Crippen LogP contribution in [0.3, 0.4) is 0 Å². The molecule has 2 heterocycles. The van der Waals surface area contributed by atoms with Crippen LogP contribution in [0.5, 0.6) is 5.75 Å². The fraction of sp³-hybridized carbons (Fsp3) is 0.364. The molecule has 29 heavy (non-hydrogen) atoms. The Labute approximate surface area is 169 Å². The second-order valence-electron chi connectivity index (χ2n) is 6.74. The minimum absolute atomic E-state index is 0.00927. The summed E-state index contributed by atoms with van der Waals surface area (Å²) in [4.78, 5) is 27.3. The number of nitrogens with zero attached hydrogens (tertiary/aromatic N) is 1. The summed E-state index contributed by atoms with van der Waals surface area (Å²) >= 11 is 0. The number of hydrogen-bond donors (Lipinski definition) is 1. The lowest BCUT2D eigenvalue weighted by molar-refractivity contribution is -0.129. The third-order valence-corrected chi connectivity index (χ3v) is 4.69. The summed E-state index contributed by atoms with van der Waals surface area (Å²) in [6.07, 6.45) is 2.81. The Morgan fingerprint density at radius 2 is 2.07 bits per heavy atom. The second-order valence-corrected chi connectivity index (χ2v) is 6.74. The first-order chi connectivity index (χ1) is 14.1. The van der Waals surface area contributed by atoms with Gasteiger partial charge in [-0.3, -0.25) is 9.59 Å². The third-order valence-electron chi connectivity index (χ3n) is 4.69. The van der Waals surface area contributed by atoms with Crippen molar-refractivity contribution in [3.8, 4) is 5.75 Å². The number of aliphatic hydroxyl groups excluding tert-OH is 1. The lowest BCUT2D eigenvalue weighted by atomic mass is 9.95. The molecule has 1 atom stereocenters. The molecule has 0 aliphatic carbocycles.